The minimum Gasteiger partial charge on any atom is -0.468 e. The van der Waals surface area contributed by atoms with E-state index in [1.807, 2.05) is 30.3 Å². The second-order valence-electron chi connectivity index (χ2n) is 3.63. The monoisotopic (exact) mass is 208 g/mol. The van der Waals surface area contributed by atoms with Crippen molar-refractivity contribution >= 4 is 11.7 Å². The molecule has 4 nitrogen and oxygen atoms in total. The number of esters is 1. The van der Waals surface area contributed by atoms with E-state index >= 15 is 0 Å². The largest absolute Gasteiger partial charge is 0.468 e. The average Bonchev–Trinajstić information content (AvgIpc) is 2.27. The number of benzene rings is 1. The highest BCUT2D eigenvalue weighted by Crippen LogP contribution is 2.08. The second kappa shape index (κ2) is 4.79. The van der Waals surface area contributed by atoms with E-state index < -0.39 is 11.5 Å². The van der Waals surface area contributed by atoms with E-state index in [1.54, 1.807) is 6.92 Å². The summed E-state index contributed by atoms with van der Waals surface area (Å²) >= 11 is 0. The van der Waals surface area contributed by atoms with Crippen LogP contribution < -0.4 is 11.1 Å². The zero-order valence-corrected chi connectivity index (χ0v) is 8.99. The fourth-order valence-electron chi connectivity index (χ4n) is 1.15. The highest BCUT2D eigenvalue weighted by atomic mass is 16.5. The van der Waals surface area contributed by atoms with Crippen LogP contribution in [0.3, 0.4) is 0 Å². The lowest BCUT2D eigenvalue weighted by Gasteiger charge is -2.22. The van der Waals surface area contributed by atoms with Crippen LogP contribution >= 0.6 is 0 Å². The molecular formula is C11H16N2O2. The van der Waals surface area contributed by atoms with Crippen molar-refractivity contribution in [1.29, 1.82) is 0 Å². The van der Waals surface area contributed by atoms with E-state index in [-0.39, 0.29) is 0 Å². The maximum absolute atomic E-state index is 11.3. The fourth-order valence-corrected chi connectivity index (χ4v) is 1.15. The van der Waals surface area contributed by atoms with Gasteiger partial charge >= 0.3 is 5.97 Å². The summed E-state index contributed by atoms with van der Waals surface area (Å²) in [6.07, 6.45) is 0. The third-order valence-electron chi connectivity index (χ3n) is 2.09. The molecule has 0 spiro atoms. The van der Waals surface area contributed by atoms with Crippen molar-refractivity contribution in [3.63, 3.8) is 0 Å². The summed E-state index contributed by atoms with van der Waals surface area (Å²) in [5.41, 5.74) is 5.70. The Hall–Kier alpha value is -1.55. The van der Waals surface area contributed by atoms with E-state index in [0.717, 1.165) is 5.69 Å². The van der Waals surface area contributed by atoms with E-state index in [4.69, 9.17) is 5.73 Å². The summed E-state index contributed by atoms with van der Waals surface area (Å²) in [7, 11) is 1.33. The van der Waals surface area contributed by atoms with Crippen LogP contribution in [0, 0.1) is 0 Å². The third kappa shape index (κ3) is 3.25. The fraction of sp³-hybridized carbons (Fsp3) is 0.364. The first-order chi connectivity index (χ1) is 7.06. The summed E-state index contributed by atoms with van der Waals surface area (Å²) in [4.78, 5) is 11.3. The molecule has 1 unspecified atom stereocenters. The van der Waals surface area contributed by atoms with Crippen LogP contribution in [-0.4, -0.2) is 25.2 Å². The van der Waals surface area contributed by atoms with Gasteiger partial charge in [0.05, 0.1) is 7.11 Å². The number of rotatable bonds is 4. The van der Waals surface area contributed by atoms with Crippen LogP contribution in [-0.2, 0) is 9.53 Å². The third-order valence-corrected chi connectivity index (χ3v) is 2.09. The zero-order valence-electron chi connectivity index (χ0n) is 8.99. The molecule has 0 aliphatic heterocycles. The zero-order chi connectivity index (χ0) is 11.3. The Labute approximate surface area is 89.4 Å². The standard InChI is InChI=1S/C11H16N2O2/c1-11(12,10(14)15-2)8-13-9-6-4-3-5-7-9/h3-7,13H,8,12H2,1-2H3. The lowest BCUT2D eigenvalue weighted by Crippen LogP contribution is -2.51. The Morgan fingerprint density at radius 2 is 2.07 bits per heavy atom. The maximum Gasteiger partial charge on any atom is 0.327 e. The molecule has 1 atom stereocenters. The molecule has 3 N–H and O–H groups in total. The van der Waals surface area contributed by atoms with E-state index in [9.17, 15) is 4.79 Å². The van der Waals surface area contributed by atoms with Gasteiger partial charge in [0.25, 0.3) is 0 Å². The van der Waals surface area contributed by atoms with E-state index in [1.165, 1.54) is 7.11 Å². The topological polar surface area (TPSA) is 64.3 Å². The lowest BCUT2D eigenvalue weighted by atomic mass is 10.0. The van der Waals surface area contributed by atoms with Crippen molar-refractivity contribution in [2.24, 2.45) is 5.73 Å². The Morgan fingerprint density at radius 3 is 2.60 bits per heavy atom. The molecule has 1 aromatic carbocycles. The molecule has 82 valence electrons. The molecule has 0 fully saturated rings. The van der Waals surface area contributed by atoms with Gasteiger partial charge in [0, 0.05) is 12.2 Å². The van der Waals surface area contributed by atoms with Crippen molar-refractivity contribution in [3.8, 4) is 0 Å². The molecule has 1 rings (SSSR count). The second-order valence-corrected chi connectivity index (χ2v) is 3.63. The van der Waals surface area contributed by atoms with Gasteiger partial charge in [-0.2, -0.15) is 0 Å². The minimum absolute atomic E-state index is 0.337. The molecule has 0 bridgehead atoms. The number of hydrogen-bond donors (Lipinski definition) is 2. The molecule has 0 heterocycles. The molecule has 0 radical (unpaired) electrons. The molecule has 0 saturated heterocycles. The van der Waals surface area contributed by atoms with Crippen molar-refractivity contribution < 1.29 is 9.53 Å². The molecule has 1 aromatic rings. The Bertz CT molecular complexity index is 323. The normalized spacial score (nSPS) is 14.1. The first-order valence-electron chi connectivity index (χ1n) is 4.72. The molecule has 0 amide bonds. The molecule has 4 heteroatoms. The number of carbonyl (C=O) groups excluding carboxylic acids is 1. The van der Waals surface area contributed by atoms with Gasteiger partial charge in [-0.3, -0.25) is 4.79 Å². The number of carbonyl (C=O) groups is 1. The minimum atomic E-state index is -1.01. The van der Waals surface area contributed by atoms with Crippen molar-refractivity contribution in [1.82, 2.24) is 0 Å². The Morgan fingerprint density at radius 1 is 1.47 bits per heavy atom. The highest BCUT2D eigenvalue weighted by Gasteiger charge is 2.28. The predicted octanol–water partition coefficient (Wildman–Crippen LogP) is 0.989. The lowest BCUT2D eigenvalue weighted by molar-refractivity contribution is -0.145. The van der Waals surface area contributed by atoms with Crippen LogP contribution in [0.25, 0.3) is 0 Å². The van der Waals surface area contributed by atoms with Crippen molar-refractivity contribution in [3.05, 3.63) is 30.3 Å². The maximum atomic E-state index is 11.3. The highest BCUT2D eigenvalue weighted by molar-refractivity contribution is 5.80. The SMILES string of the molecule is COC(=O)C(C)(N)CNc1ccccc1. The summed E-state index contributed by atoms with van der Waals surface area (Å²) in [6.45, 7) is 1.97. The van der Waals surface area contributed by atoms with Gasteiger partial charge in [0.2, 0.25) is 0 Å². The number of nitrogens with two attached hydrogens (primary N) is 1. The number of methoxy groups -OCH3 is 1. The first kappa shape index (κ1) is 11.5. The van der Waals surface area contributed by atoms with Crippen LogP contribution in [0.4, 0.5) is 5.69 Å². The van der Waals surface area contributed by atoms with Gasteiger partial charge in [0.15, 0.2) is 0 Å². The van der Waals surface area contributed by atoms with Crippen molar-refractivity contribution in [2.75, 3.05) is 19.0 Å². The number of nitrogens with one attached hydrogen (secondary N) is 1. The van der Waals surface area contributed by atoms with Gasteiger partial charge < -0.3 is 15.8 Å². The average molecular weight is 208 g/mol. The van der Waals surface area contributed by atoms with Crippen LogP contribution in [0.1, 0.15) is 6.92 Å². The summed E-state index contributed by atoms with van der Waals surface area (Å²) in [5.74, 6) is -0.425. The van der Waals surface area contributed by atoms with Gasteiger partial charge in [-0.25, -0.2) is 0 Å². The smallest absolute Gasteiger partial charge is 0.327 e. The van der Waals surface area contributed by atoms with E-state index in [2.05, 4.69) is 10.1 Å². The van der Waals surface area contributed by atoms with Crippen LogP contribution in [0.2, 0.25) is 0 Å². The predicted molar refractivity (Wildman–Crippen MR) is 59.5 cm³/mol. The molecule has 15 heavy (non-hydrogen) atoms. The van der Waals surface area contributed by atoms with E-state index in [0.29, 0.717) is 6.54 Å². The van der Waals surface area contributed by atoms with Gasteiger partial charge in [-0.1, -0.05) is 18.2 Å². The molecule has 0 aromatic heterocycles. The summed E-state index contributed by atoms with van der Waals surface area (Å²) < 4.78 is 4.60. The number of hydrogen-bond acceptors (Lipinski definition) is 4. The van der Waals surface area contributed by atoms with Crippen molar-refractivity contribution in [2.45, 2.75) is 12.5 Å². The summed E-state index contributed by atoms with van der Waals surface area (Å²) in [6, 6.07) is 9.57. The first-order valence-corrected chi connectivity index (χ1v) is 4.72. The molecule has 0 aliphatic carbocycles. The van der Waals surface area contributed by atoms with Crippen LogP contribution in [0.5, 0.6) is 0 Å². The summed E-state index contributed by atoms with van der Waals surface area (Å²) in [5, 5.41) is 3.07. The van der Waals surface area contributed by atoms with Gasteiger partial charge in [-0.15, -0.1) is 0 Å². The molecule has 0 aliphatic rings. The molecular weight excluding hydrogens is 192 g/mol. The Balaban J connectivity index is 2.53. The quantitative estimate of drug-likeness (QED) is 0.724. The van der Waals surface area contributed by atoms with Crippen LogP contribution in [0.15, 0.2) is 30.3 Å². The number of anilines is 1. The molecule has 0 saturated carbocycles. The van der Waals surface area contributed by atoms with Gasteiger partial charge in [0.1, 0.15) is 5.54 Å². The number of ether oxygens (including phenoxy) is 1. The van der Waals surface area contributed by atoms with Gasteiger partial charge in [-0.05, 0) is 19.1 Å². The Kier molecular flexibility index (Phi) is 3.68. The number of para-hydroxylation sites is 1.